The third-order valence-electron chi connectivity index (χ3n) is 3.65. The topological polar surface area (TPSA) is 75.4 Å². The standard InChI is InChI=1S/C13H19BrN2O3/c1-3-13(4-2,9-17)8-15-12-7-10(16(18)19)5-6-11(12)14/h5-7,15,17H,3-4,8-9H2,1-2H3. The first-order valence-electron chi connectivity index (χ1n) is 6.26. The number of nitro benzene ring substituents is 1. The number of anilines is 1. The van der Waals surface area contributed by atoms with Crippen molar-refractivity contribution in [3.63, 3.8) is 0 Å². The molecule has 0 unspecified atom stereocenters. The van der Waals surface area contributed by atoms with Gasteiger partial charge >= 0.3 is 0 Å². The first-order chi connectivity index (χ1) is 8.98. The number of aliphatic hydroxyl groups excluding tert-OH is 1. The van der Waals surface area contributed by atoms with Gasteiger partial charge in [0.15, 0.2) is 0 Å². The quantitative estimate of drug-likeness (QED) is 0.592. The number of rotatable bonds is 7. The maximum atomic E-state index is 10.8. The van der Waals surface area contributed by atoms with Crippen molar-refractivity contribution in [2.24, 2.45) is 5.41 Å². The summed E-state index contributed by atoms with van der Waals surface area (Å²) in [4.78, 5) is 10.3. The second-order valence-corrected chi connectivity index (χ2v) is 5.49. The summed E-state index contributed by atoms with van der Waals surface area (Å²) in [7, 11) is 0. The zero-order chi connectivity index (χ0) is 14.5. The Kier molecular flexibility index (Phi) is 5.75. The van der Waals surface area contributed by atoms with Crippen molar-refractivity contribution in [2.45, 2.75) is 26.7 Å². The van der Waals surface area contributed by atoms with E-state index in [9.17, 15) is 15.2 Å². The van der Waals surface area contributed by atoms with Crippen LogP contribution in [0.25, 0.3) is 0 Å². The van der Waals surface area contributed by atoms with E-state index in [2.05, 4.69) is 21.2 Å². The second-order valence-electron chi connectivity index (χ2n) is 4.64. The number of non-ortho nitro benzene ring substituents is 1. The van der Waals surface area contributed by atoms with E-state index < -0.39 is 4.92 Å². The van der Waals surface area contributed by atoms with Crippen molar-refractivity contribution >= 4 is 27.3 Å². The lowest BCUT2D eigenvalue weighted by molar-refractivity contribution is -0.384. The predicted molar refractivity (Wildman–Crippen MR) is 79.4 cm³/mol. The Morgan fingerprint density at radius 2 is 2.05 bits per heavy atom. The van der Waals surface area contributed by atoms with Gasteiger partial charge in [-0.1, -0.05) is 13.8 Å². The summed E-state index contributed by atoms with van der Waals surface area (Å²) in [5.41, 5.74) is 0.534. The summed E-state index contributed by atoms with van der Waals surface area (Å²) in [6.07, 6.45) is 1.69. The SMILES string of the molecule is CCC(CC)(CO)CNc1cc([N+](=O)[O-])ccc1Br. The van der Waals surface area contributed by atoms with Crippen molar-refractivity contribution in [3.05, 3.63) is 32.8 Å². The molecule has 106 valence electrons. The molecule has 19 heavy (non-hydrogen) atoms. The van der Waals surface area contributed by atoms with Gasteiger partial charge in [-0.25, -0.2) is 0 Å². The molecule has 0 bridgehead atoms. The van der Waals surface area contributed by atoms with E-state index in [0.29, 0.717) is 12.2 Å². The zero-order valence-corrected chi connectivity index (χ0v) is 12.7. The molecule has 0 fully saturated rings. The molecule has 5 nitrogen and oxygen atoms in total. The highest BCUT2D eigenvalue weighted by Gasteiger charge is 2.25. The number of hydrogen-bond acceptors (Lipinski definition) is 4. The van der Waals surface area contributed by atoms with Crippen LogP contribution in [0.1, 0.15) is 26.7 Å². The second kappa shape index (κ2) is 6.86. The molecular weight excluding hydrogens is 312 g/mol. The Morgan fingerprint density at radius 3 is 2.53 bits per heavy atom. The molecule has 0 radical (unpaired) electrons. The number of nitrogens with one attached hydrogen (secondary N) is 1. The first-order valence-corrected chi connectivity index (χ1v) is 7.06. The molecule has 0 saturated carbocycles. The highest BCUT2D eigenvalue weighted by molar-refractivity contribution is 9.10. The molecule has 0 aromatic heterocycles. The number of nitrogens with zero attached hydrogens (tertiary/aromatic N) is 1. The number of halogens is 1. The maximum Gasteiger partial charge on any atom is 0.271 e. The number of benzene rings is 1. The van der Waals surface area contributed by atoms with E-state index in [1.54, 1.807) is 6.07 Å². The van der Waals surface area contributed by atoms with Gasteiger partial charge in [-0.2, -0.15) is 0 Å². The van der Waals surface area contributed by atoms with E-state index in [4.69, 9.17) is 0 Å². The fourth-order valence-electron chi connectivity index (χ4n) is 1.82. The van der Waals surface area contributed by atoms with E-state index >= 15 is 0 Å². The number of nitro groups is 1. The lowest BCUT2D eigenvalue weighted by Crippen LogP contribution is -2.32. The summed E-state index contributed by atoms with van der Waals surface area (Å²) in [6, 6.07) is 4.60. The van der Waals surface area contributed by atoms with Gasteiger partial charge in [0.1, 0.15) is 0 Å². The maximum absolute atomic E-state index is 10.8. The molecule has 0 amide bonds. The molecule has 1 aromatic rings. The lowest BCUT2D eigenvalue weighted by Gasteiger charge is -2.30. The highest BCUT2D eigenvalue weighted by Crippen LogP contribution is 2.30. The molecule has 1 aromatic carbocycles. The largest absolute Gasteiger partial charge is 0.396 e. The Labute approximate surface area is 121 Å². The van der Waals surface area contributed by atoms with E-state index in [-0.39, 0.29) is 17.7 Å². The fourth-order valence-corrected chi connectivity index (χ4v) is 2.21. The Hall–Kier alpha value is -1.14. The molecule has 0 aliphatic carbocycles. The van der Waals surface area contributed by atoms with Crippen LogP contribution in [0.2, 0.25) is 0 Å². The van der Waals surface area contributed by atoms with Gasteiger partial charge in [-0.3, -0.25) is 10.1 Å². The molecule has 0 spiro atoms. The average molecular weight is 331 g/mol. The normalized spacial score (nSPS) is 11.4. The first kappa shape index (κ1) is 15.9. The van der Waals surface area contributed by atoms with Crippen LogP contribution >= 0.6 is 15.9 Å². The van der Waals surface area contributed by atoms with Gasteiger partial charge in [0.2, 0.25) is 0 Å². The molecule has 6 heteroatoms. The van der Waals surface area contributed by atoms with E-state index in [1.165, 1.54) is 12.1 Å². The van der Waals surface area contributed by atoms with E-state index in [0.717, 1.165) is 17.3 Å². The Morgan fingerprint density at radius 1 is 1.42 bits per heavy atom. The summed E-state index contributed by atoms with van der Waals surface area (Å²) >= 11 is 3.37. The summed E-state index contributed by atoms with van der Waals surface area (Å²) in [5, 5.41) is 23.5. The molecule has 1 rings (SSSR count). The lowest BCUT2D eigenvalue weighted by atomic mass is 9.83. The molecule has 0 saturated heterocycles. The van der Waals surface area contributed by atoms with Gasteiger partial charge in [-0.05, 0) is 34.8 Å². The third kappa shape index (κ3) is 3.91. The highest BCUT2D eigenvalue weighted by atomic mass is 79.9. The molecule has 0 heterocycles. The Balaban J connectivity index is 2.87. The van der Waals surface area contributed by atoms with Gasteiger partial charge < -0.3 is 10.4 Å². The Bertz CT molecular complexity index is 439. The van der Waals surface area contributed by atoms with Crippen LogP contribution in [0.3, 0.4) is 0 Å². The van der Waals surface area contributed by atoms with Crippen LogP contribution in [-0.4, -0.2) is 23.2 Å². The fraction of sp³-hybridized carbons (Fsp3) is 0.538. The monoisotopic (exact) mass is 330 g/mol. The minimum atomic E-state index is -0.420. The van der Waals surface area contributed by atoms with Gasteiger partial charge in [0.05, 0.1) is 17.2 Å². The molecule has 0 aliphatic heterocycles. The van der Waals surface area contributed by atoms with Crippen molar-refractivity contribution in [1.82, 2.24) is 0 Å². The summed E-state index contributed by atoms with van der Waals surface area (Å²) in [5.74, 6) is 0. The van der Waals surface area contributed by atoms with Gasteiger partial charge in [0.25, 0.3) is 5.69 Å². The summed E-state index contributed by atoms with van der Waals surface area (Å²) in [6.45, 7) is 4.74. The minimum absolute atomic E-state index is 0.0493. The van der Waals surface area contributed by atoms with Gasteiger partial charge in [-0.15, -0.1) is 0 Å². The summed E-state index contributed by atoms with van der Waals surface area (Å²) < 4.78 is 0.775. The van der Waals surface area contributed by atoms with Crippen molar-refractivity contribution in [1.29, 1.82) is 0 Å². The smallest absolute Gasteiger partial charge is 0.271 e. The molecule has 0 aliphatic rings. The van der Waals surface area contributed by atoms with Crippen LogP contribution in [-0.2, 0) is 0 Å². The van der Waals surface area contributed by atoms with Crippen LogP contribution in [0, 0.1) is 15.5 Å². The van der Waals surface area contributed by atoms with Crippen molar-refractivity contribution in [2.75, 3.05) is 18.5 Å². The van der Waals surface area contributed by atoms with Crippen LogP contribution < -0.4 is 5.32 Å². The number of aliphatic hydroxyl groups is 1. The predicted octanol–water partition coefficient (Wildman–Crippen LogP) is 3.57. The zero-order valence-electron chi connectivity index (χ0n) is 11.1. The van der Waals surface area contributed by atoms with Crippen LogP contribution in [0.15, 0.2) is 22.7 Å². The van der Waals surface area contributed by atoms with Crippen molar-refractivity contribution in [3.8, 4) is 0 Å². The number of hydrogen-bond donors (Lipinski definition) is 2. The van der Waals surface area contributed by atoms with Crippen molar-refractivity contribution < 1.29 is 10.0 Å². The van der Waals surface area contributed by atoms with Crippen LogP contribution in [0.5, 0.6) is 0 Å². The molecule has 0 atom stereocenters. The minimum Gasteiger partial charge on any atom is -0.396 e. The van der Waals surface area contributed by atoms with Crippen LogP contribution in [0.4, 0.5) is 11.4 Å². The molecule has 2 N–H and O–H groups in total. The van der Waals surface area contributed by atoms with E-state index in [1.807, 2.05) is 13.8 Å². The molecular formula is C13H19BrN2O3. The van der Waals surface area contributed by atoms with Gasteiger partial charge in [0, 0.05) is 28.6 Å². The third-order valence-corrected chi connectivity index (χ3v) is 4.34. The average Bonchev–Trinajstić information content (AvgIpc) is 2.42.